The van der Waals surface area contributed by atoms with Crippen LogP contribution in [0.4, 0.5) is 5.69 Å². The summed E-state index contributed by atoms with van der Waals surface area (Å²) in [6, 6.07) is 13.9. The SMILES string of the molecule is COc1cc(OC)cc(N2C(=O)C(c3ccccc3)=C(N(C)CCO)C2=O)c1. The van der Waals surface area contributed by atoms with Gasteiger partial charge in [0, 0.05) is 31.8 Å². The molecule has 2 aromatic rings. The van der Waals surface area contributed by atoms with E-state index in [0.717, 1.165) is 4.90 Å². The van der Waals surface area contributed by atoms with Crippen molar-refractivity contribution in [2.45, 2.75) is 0 Å². The molecular weight excluding hydrogens is 360 g/mol. The monoisotopic (exact) mass is 382 g/mol. The van der Waals surface area contributed by atoms with Crippen LogP contribution >= 0.6 is 0 Å². The highest BCUT2D eigenvalue weighted by molar-refractivity contribution is 6.45. The van der Waals surface area contributed by atoms with Crippen LogP contribution in [0.5, 0.6) is 11.5 Å². The van der Waals surface area contributed by atoms with E-state index in [9.17, 15) is 14.7 Å². The van der Waals surface area contributed by atoms with E-state index >= 15 is 0 Å². The van der Waals surface area contributed by atoms with E-state index in [1.807, 2.05) is 6.07 Å². The highest BCUT2D eigenvalue weighted by Crippen LogP contribution is 2.37. The van der Waals surface area contributed by atoms with E-state index in [4.69, 9.17) is 9.47 Å². The maximum Gasteiger partial charge on any atom is 0.282 e. The molecule has 0 radical (unpaired) electrons. The molecule has 1 aliphatic heterocycles. The first-order valence-corrected chi connectivity index (χ1v) is 8.75. The topological polar surface area (TPSA) is 79.3 Å². The number of hydrogen-bond donors (Lipinski definition) is 1. The van der Waals surface area contributed by atoms with Crippen LogP contribution in [0.3, 0.4) is 0 Å². The Morgan fingerprint density at radius 1 is 0.964 bits per heavy atom. The van der Waals surface area contributed by atoms with Gasteiger partial charge in [-0.3, -0.25) is 9.59 Å². The molecule has 1 N–H and O–H groups in total. The predicted octanol–water partition coefficient (Wildman–Crippen LogP) is 1.91. The smallest absolute Gasteiger partial charge is 0.282 e. The number of rotatable bonds is 7. The van der Waals surface area contributed by atoms with Crippen molar-refractivity contribution in [3.8, 4) is 11.5 Å². The summed E-state index contributed by atoms with van der Waals surface area (Å²) in [5.41, 5.74) is 1.53. The molecule has 1 aliphatic rings. The van der Waals surface area contributed by atoms with Crippen molar-refractivity contribution < 1.29 is 24.2 Å². The number of methoxy groups -OCH3 is 2. The molecular formula is C21H22N2O5. The number of ether oxygens (including phenoxy) is 2. The number of benzene rings is 2. The van der Waals surface area contributed by atoms with Gasteiger partial charge >= 0.3 is 0 Å². The second-order valence-electron chi connectivity index (χ2n) is 6.25. The van der Waals surface area contributed by atoms with Crippen LogP contribution in [0.15, 0.2) is 54.2 Å². The largest absolute Gasteiger partial charge is 0.497 e. The highest BCUT2D eigenvalue weighted by atomic mass is 16.5. The number of imide groups is 1. The average Bonchev–Trinajstić information content (AvgIpc) is 2.98. The Morgan fingerprint density at radius 3 is 2.11 bits per heavy atom. The van der Waals surface area contributed by atoms with E-state index in [0.29, 0.717) is 28.3 Å². The number of aliphatic hydroxyl groups is 1. The van der Waals surface area contributed by atoms with Crippen molar-refractivity contribution in [1.82, 2.24) is 4.90 Å². The Kier molecular flexibility index (Phi) is 5.65. The molecule has 2 amide bonds. The lowest BCUT2D eigenvalue weighted by molar-refractivity contribution is -0.120. The summed E-state index contributed by atoms with van der Waals surface area (Å²) in [6.07, 6.45) is 0. The number of anilines is 1. The maximum atomic E-state index is 13.3. The first-order valence-electron chi connectivity index (χ1n) is 8.75. The number of amides is 2. The van der Waals surface area contributed by atoms with Crippen molar-refractivity contribution in [3.63, 3.8) is 0 Å². The number of likely N-dealkylation sites (N-methyl/N-ethyl adjacent to an activating group) is 1. The summed E-state index contributed by atoms with van der Waals surface area (Å²) in [6.45, 7) is 0.0798. The molecule has 0 atom stereocenters. The quantitative estimate of drug-likeness (QED) is 0.737. The summed E-state index contributed by atoms with van der Waals surface area (Å²) in [7, 11) is 4.68. The Bertz CT molecular complexity index is 901. The number of aliphatic hydroxyl groups excluding tert-OH is 1. The fourth-order valence-corrected chi connectivity index (χ4v) is 3.16. The van der Waals surface area contributed by atoms with Crippen molar-refractivity contribution in [2.24, 2.45) is 0 Å². The number of carbonyl (C=O) groups is 2. The van der Waals surface area contributed by atoms with Gasteiger partial charge in [-0.1, -0.05) is 30.3 Å². The van der Waals surface area contributed by atoms with Crippen LogP contribution in [-0.4, -0.2) is 56.2 Å². The molecule has 0 saturated heterocycles. The summed E-state index contributed by atoms with van der Waals surface area (Å²) in [4.78, 5) is 29.3. The van der Waals surface area contributed by atoms with E-state index in [2.05, 4.69) is 0 Å². The Balaban J connectivity index is 2.13. The molecule has 0 aliphatic carbocycles. The van der Waals surface area contributed by atoms with Gasteiger partial charge in [-0.05, 0) is 5.56 Å². The van der Waals surface area contributed by atoms with Crippen molar-refractivity contribution >= 4 is 23.1 Å². The van der Waals surface area contributed by atoms with Crippen LogP contribution in [0.25, 0.3) is 5.57 Å². The molecule has 28 heavy (non-hydrogen) atoms. The lowest BCUT2D eigenvalue weighted by Gasteiger charge is -2.21. The molecule has 0 saturated carbocycles. The lowest BCUT2D eigenvalue weighted by atomic mass is 10.0. The third kappa shape index (κ3) is 3.44. The van der Waals surface area contributed by atoms with Crippen molar-refractivity contribution in [2.75, 3.05) is 39.3 Å². The van der Waals surface area contributed by atoms with Crippen molar-refractivity contribution in [1.29, 1.82) is 0 Å². The molecule has 2 aromatic carbocycles. The number of hydrogen-bond acceptors (Lipinski definition) is 6. The zero-order valence-electron chi connectivity index (χ0n) is 16.0. The van der Waals surface area contributed by atoms with Gasteiger partial charge in [0.15, 0.2) is 0 Å². The van der Waals surface area contributed by atoms with E-state index in [1.54, 1.807) is 54.4 Å². The third-order valence-electron chi connectivity index (χ3n) is 4.53. The van der Waals surface area contributed by atoms with Crippen LogP contribution in [0.2, 0.25) is 0 Å². The van der Waals surface area contributed by atoms with Gasteiger partial charge in [-0.15, -0.1) is 0 Å². The van der Waals surface area contributed by atoms with Gasteiger partial charge in [0.1, 0.15) is 17.2 Å². The molecule has 0 aromatic heterocycles. The van der Waals surface area contributed by atoms with E-state index < -0.39 is 11.8 Å². The Morgan fingerprint density at radius 2 is 1.57 bits per heavy atom. The fourth-order valence-electron chi connectivity index (χ4n) is 3.16. The van der Waals surface area contributed by atoms with Gasteiger partial charge in [0.25, 0.3) is 11.8 Å². The minimum atomic E-state index is -0.463. The van der Waals surface area contributed by atoms with E-state index in [-0.39, 0.29) is 18.8 Å². The summed E-state index contributed by atoms with van der Waals surface area (Å²) < 4.78 is 10.5. The Labute approximate surface area is 163 Å². The minimum Gasteiger partial charge on any atom is -0.497 e. The highest BCUT2D eigenvalue weighted by Gasteiger charge is 2.41. The second kappa shape index (κ2) is 8.14. The zero-order chi connectivity index (χ0) is 20.3. The van der Waals surface area contributed by atoms with Crippen LogP contribution < -0.4 is 14.4 Å². The molecule has 0 fully saturated rings. The molecule has 0 unspecified atom stereocenters. The van der Waals surface area contributed by atoms with Crippen LogP contribution in [-0.2, 0) is 9.59 Å². The minimum absolute atomic E-state index is 0.142. The molecule has 3 rings (SSSR count). The normalized spacial score (nSPS) is 13.9. The van der Waals surface area contributed by atoms with Gasteiger partial charge in [0.05, 0.1) is 32.1 Å². The predicted molar refractivity (Wildman–Crippen MR) is 105 cm³/mol. The summed E-state index contributed by atoms with van der Waals surface area (Å²) in [5.74, 6) is 0.0307. The maximum absolute atomic E-state index is 13.3. The average molecular weight is 382 g/mol. The fraction of sp³-hybridized carbons (Fsp3) is 0.238. The van der Waals surface area contributed by atoms with Crippen LogP contribution in [0.1, 0.15) is 5.56 Å². The molecule has 7 heteroatoms. The van der Waals surface area contributed by atoms with Crippen molar-refractivity contribution in [3.05, 3.63) is 59.8 Å². The lowest BCUT2D eigenvalue weighted by Crippen LogP contribution is -2.34. The zero-order valence-corrected chi connectivity index (χ0v) is 16.0. The van der Waals surface area contributed by atoms with Gasteiger partial charge < -0.3 is 19.5 Å². The second-order valence-corrected chi connectivity index (χ2v) is 6.25. The summed E-state index contributed by atoms with van der Waals surface area (Å²) in [5, 5.41) is 9.32. The number of carbonyl (C=O) groups excluding carboxylic acids is 2. The van der Waals surface area contributed by atoms with Gasteiger partial charge in [0.2, 0.25) is 0 Å². The first-order chi connectivity index (χ1) is 13.5. The number of nitrogens with zero attached hydrogens (tertiary/aromatic N) is 2. The van der Waals surface area contributed by atoms with E-state index in [1.165, 1.54) is 14.2 Å². The van der Waals surface area contributed by atoms with Gasteiger partial charge in [-0.2, -0.15) is 0 Å². The van der Waals surface area contributed by atoms with Gasteiger partial charge in [-0.25, -0.2) is 4.90 Å². The Hall–Kier alpha value is -3.32. The third-order valence-corrected chi connectivity index (χ3v) is 4.53. The molecule has 146 valence electrons. The standard InChI is InChI=1S/C21H22N2O5/c1-22(9-10-24)19-18(14-7-5-4-6-8-14)20(25)23(21(19)26)15-11-16(27-2)13-17(12-15)28-3/h4-8,11-13,24H,9-10H2,1-3H3. The molecule has 1 heterocycles. The first kappa shape index (κ1) is 19.4. The molecule has 0 spiro atoms. The molecule has 7 nitrogen and oxygen atoms in total. The summed E-state index contributed by atoms with van der Waals surface area (Å²) >= 11 is 0. The molecule has 0 bridgehead atoms. The van der Waals surface area contributed by atoms with Crippen LogP contribution in [0, 0.1) is 0 Å².